The molecule has 1 unspecified atom stereocenters. The second-order valence-electron chi connectivity index (χ2n) is 3.81. The van der Waals surface area contributed by atoms with Gasteiger partial charge in [-0.1, -0.05) is 64.0 Å². The first kappa shape index (κ1) is 13.0. The van der Waals surface area contributed by atoms with Crippen molar-refractivity contribution in [2.24, 2.45) is 5.92 Å². The molecule has 0 aromatic carbocycles. The lowest BCUT2D eigenvalue weighted by Gasteiger charge is -2.06. The van der Waals surface area contributed by atoms with Gasteiger partial charge in [0.25, 0.3) is 0 Å². The van der Waals surface area contributed by atoms with Crippen molar-refractivity contribution in [2.45, 2.75) is 58.8 Å². The normalized spacial score (nSPS) is 12.8. The van der Waals surface area contributed by atoms with Gasteiger partial charge in [-0.05, 0) is 6.42 Å². The van der Waals surface area contributed by atoms with Crippen LogP contribution in [0.1, 0.15) is 58.8 Å². The molecule has 13 heavy (non-hydrogen) atoms. The maximum absolute atomic E-state index is 7.21. The molecule has 0 amide bonds. The number of rotatable bonds is 8. The van der Waals surface area contributed by atoms with E-state index in [2.05, 4.69) is 6.92 Å². The summed E-state index contributed by atoms with van der Waals surface area (Å²) in [5, 5.41) is 7.53. The van der Waals surface area contributed by atoms with Gasteiger partial charge in [-0.15, -0.1) is 0 Å². The van der Waals surface area contributed by atoms with E-state index in [9.17, 15) is 0 Å². The number of halogens is 1. The quantitative estimate of drug-likeness (QED) is 0.441. The van der Waals surface area contributed by atoms with Gasteiger partial charge in [-0.2, -0.15) is 0 Å². The maximum Gasteiger partial charge on any atom is 0.0997 e. The Morgan fingerprint density at radius 3 is 2.23 bits per heavy atom. The fourth-order valence-corrected chi connectivity index (χ4v) is 1.47. The predicted molar refractivity (Wildman–Crippen MR) is 60.7 cm³/mol. The summed E-state index contributed by atoms with van der Waals surface area (Å²) in [5.41, 5.74) is 0. The van der Waals surface area contributed by atoms with E-state index < -0.39 is 0 Å². The topological polar surface area (TPSA) is 23.9 Å². The van der Waals surface area contributed by atoms with E-state index in [1.54, 1.807) is 0 Å². The van der Waals surface area contributed by atoms with Gasteiger partial charge in [-0.3, -0.25) is 5.41 Å². The van der Waals surface area contributed by atoms with E-state index in [0.29, 0.717) is 5.17 Å². The molecule has 0 aliphatic heterocycles. The third-order valence-corrected chi connectivity index (χ3v) is 2.80. The number of hydrogen-bond donors (Lipinski definition) is 1. The molecule has 0 aliphatic rings. The van der Waals surface area contributed by atoms with Gasteiger partial charge in [0.05, 0.1) is 5.17 Å². The Bertz CT molecular complexity index is 134. The molecule has 0 bridgehead atoms. The van der Waals surface area contributed by atoms with Gasteiger partial charge >= 0.3 is 0 Å². The third kappa shape index (κ3) is 8.29. The van der Waals surface area contributed by atoms with Crippen LogP contribution in [0.15, 0.2) is 0 Å². The standard InChI is InChI=1S/C11H22ClN/c1-3-4-5-6-7-8-9-10(2)11(12)13/h10,13H,3-9H2,1-2H3. The summed E-state index contributed by atoms with van der Waals surface area (Å²) in [5.74, 6) is 0.271. The van der Waals surface area contributed by atoms with Crippen molar-refractivity contribution in [2.75, 3.05) is 0 Å². The predicted octanol–water partition coefficient (Wildman–Crippen LogP) is 4.59. The van der Waals surface area contributed by atoms with Crippen molar-refractivity contribution < 1.29 is 0 Å². The SMILES string of the molecule is CCCCCCCCC(C)C(=N)Cl. The molecule has 78 valence electrons. The van der Waals surface area contributed by atoms with E-state index >= 15 is 0 Å². The van der Waals surface area contributed by atoms with Gasteiger partial charge in [-0.25, -0.2) is 0 Å². The van der Waals surface area contributed by atoms with E-state index in [-0.39, 0.29) is 5.92 Å². The van der Waals surface area contributed by atoms with Gasteiger partial charge in [0, 0.05) is 5.92 Å². The lowest BCUT2D eigenvalue weighted by molar-refractivity contribution is 0.557. The first-order valence-electron chi connectivity index (χ1n) is 5.42. The minimum absolute atomic E-state index is 0.271. The second-order valence-corrected chi connectivity index (χ2v) is 4.21. The zero-order valence-electron chi connectivity index (χ0n) is 8.91. The van der Waals surface area contributed by atoms with Crippen molar-refractivity contribution in [3.63, 3.8) is 0 Å². The Hall–Kier alpha value is -0.0400. The van der Waals surface area contributed by atoms with Crippen molar-refractivity contribution in [3.05, 3.63) is 0 Å². The van der Waals surface area contributed by atoms with Crippen LogP contribution >= 0.6 is 11.6 Å². The fourth-order valence-electron chi connectivity index (χ4n) is 1.36. The fraction of sp³-hybridized carbons (Fsp3) is 0.909. The minimum atomic E-state index is 0.271. The highest BCUT2D eigenvalue weighted by molar-refractivity contribution is 6.64. The first-order valence-corrected chi connectivity index (χ1v) is 5.80. The monoisotopic (exact) mass is 203 g/mol. The van der Waals surface area contributed by atoms with Crippen molar-refractivity contribution in [3.8, 4) is 0 Å². The summed E-state index contributed by atoms with van der Waals surface area (Å²) < 4.78 is 0. The molecule has 0 heterocycles. The molecule has 0 aromatic heterocycles. The average molecular weight is 204 g/mol. The largest absolute Gasteiger partial charge is 0.293 e. The van der Waals surface area contributed by atoms with Crippen LogP contribution in [0.3, 0.4) is 0 Å². The van der Waals surface area contributed by atoms with E-state index in [0.717, 1.165) is 6.42 Å². The van der Waals surface area contributed by atoms with E-state index in [1.165, 1.54) is 38.5 Å². The van der Waals surface area contributed by atoms with Crippen LogP contribution < -0.4 is 0 Å². The molecule has 0 saturated carbocycles. The zero-order valence-corrected chi connectivity index (χ0v) is 9.66. The molecule has 0 aliphatic carbocycles. The molecule has 0 aromatic rings. The summed E-state index contributed by atoms with van der Waals surface area (Å²) in [6.07, 6.45) is 8.98. The molecular formula is C11H22ClN. The van der Waals surface area contributed by atoms with Crippen LogP contribution in [0.2, 0.25) is 0 Å². The molecule has 1 nitrogen and oxygen atoms in total. The Morgan fingerprint density at radius 2 is 1.69 bits per heavy atom. The average Bonchev–Trinajstić information content (AvgIpc) is 2.10. The molecule has 0 radical (unpaired) electrons. The Balaban J connectivity index is 3.11. The van der Waals surface area contributed by atoms with E-state index in [1.807, 2.05) is 6.92 Å². The summed E-state index contributed by atoms with van der Waals surface area (Å²) >= 11 is 5.57. The summed E-state index contributed by atoms with van der Waals surface area (Å²) in [6, 6.07) is 0. The zero-order chi connectivity index (χ0) is 10.1. The van der Waals surface area contributed by atoms with Crippen LogP contribution in [0.4, 0.5) is 0 Å². The van der Waals surface area contributed by atoms with Gasteiger partial charge < -0.3 is 0 Å². The molecule has 0 rings (SSSR count). The summed E-state index contributed by atoms with van der Waals surface area (Å²) in [6.45, 7) is 4.26. The minimum Gasteiger partial charge on any atom is -0.293 e. The van der Waals surface area contributed by atoms with Crippen LogP contribution in [0, 0.1) is 11.3 Å². The Kier molecular flexibility index (Phi) is 8.53. The van der Waals surface area contributed by atoms with Crippen LogP contribution in [0.25, 0.3) is 0 Å². The number of hydrogen-bond acceptors (Lipinski definition) is 1. The van der Waals surface area contributed by atoms with Crippen LogP contribution in [-0.4, -0.2) is 5.17 Å². The molecular weight excluding hydrogens is 182 g/mol. The highest BCUT2D eigenvalue weighted by Crippen LogP contribution is 2.13. The third-order valence-electron chi connectivity index (χ3n) is 2.42. The van der Waals surface area contributed by atoms with E-state index in [4.69, 9.17) is 17.0 Å². The molecule has 0 fully saturated rings. The van der Waals surface area contributed by atoms with Crippen molar-refractivity contribution in [1.29, 1.82) is 5.41 Å². The summed E-state index contributed by atoms with van der Waals surface area (Å²) in [7, 11) is 0. The van der Waals surface area contributed by atoms with Crippen LogP contribution in [0.5, 0.6) is 0 Å². The van der Waals surface area contributed by atoms with Crippen LogP contribution in [-0.2, 0) is 0 Å². The van der Waals surface area contributed by atoms with Gasteiger partial charge in [0.2, 0.25) is 0 Å². The number of nitrogens with one attached hydrogen (secondary N) is 1. The molecule has 0 spiro atoms. The maximum atomic E-state index is 7.21. The molecule has 1 N–H and O–H groups in total. The van der Waals surface area contributed by atoms with Gasteiger partial charge in [0.15, 0.2) is 0 Å². The molecule has 1 atom stereocenters. The van der Waals surface area contributed by atoms with Crippen molar-refractivity contribution in [1.82, 2.24) is 0 Å². The highest BCUT2D eigenvalue weighted by Gasteiger charge is 2.04. The lowest BCUT2D eigenvalue weighted by atomic mass is 10.0. The number of unbranched alkanes of at least 4 members (excludes halogenated alkanes) is 5. The summed E-state index contributed by atoms with van der Waals surface area (Å²) in [4.78, 5) is 0. The van der Waals surface area contributed by atoms with Crippen molar-refractivity contribution >= 4 is 16.8 Å². The smallest absolute Gasteiger partial charge is 0.0997 e. The highest BCUT2D eigenvalue weighted by atomic mass is 35.5. The first-order chi connectivity index (χ1) is 6.18. The Morgan fingerprint density at radius 1 is 1.15 bits per heavy atom. The molecule has 2 heteroatoms. The lowest BCUT2D eigenvalue weighted by Crippen LogP contribution is -2.02. The van der Waals surface area contributed by atoms with Gasteiger partial charge in [0.1, 0.15) is 0 Å². The Labute approximate surface area is 87.4 Å². The molecule has 0 saturated heterocycles. The second kappa shape index (κ2) is 8.55.